The normalized spacial score (nSPS) is 22.2. The Morgan fingerprint density at radius 1 is 1.05 bits per heavy atom. The highest BCUT2D eigenvalue weighted by Crippen LogP contribution is 2.54. The maximum atomic E-state index is 13.7. The molecule has 0 spiro atoms. The zero-order valence-corrected chi connectivity index (χ0v) is 23.3. The van der Waals surface area contributed by atoms with Crippen LogP contribution in [0.15, 0.2) is 42.7 Å². The maximum Gasteiger partial charge on any atom is 0.403 e. The van der Waals surface area contributed by atoms with E-state index in [0.717, 1.165) is 21.9 Å². The molecule has 1 N–H and O–H groups in total. The number of aromatic nitrogens is 2. The molecule has 0 radical (unpaired) electrons. The molecule has 3 aliphatic heterocycles. The largest absolute Gasteiger partial charge is 0.403 e. The Morgan fingerprint density at radius 3 is 2.49 bits per heavy atom. The van der Waals surface area contributed by atoms with Gasteiger partial charge in [-0.3, -0.25) is 34.1 Å². The van der Waals surface area contributed by atoms with Crippen molar-refractivity contribution in [3.05, 3.63) is 59.4 Å². The average molecular weight is 594 g/mol. The molecule has 43 heavy (non-hydrogen) atoms. The fraction of sp³-hybridized carbons (Fsp3) is 0.452. The molecule has 9 nitrogen and oxygen atoms in total. The van der Waals surface area contributed by atoms with E-state index in [2.05, 4.69) is 10.4 Å². The molecule has 4 amide bonds. The number of nitrogens with zero attached hydrogens (tertiary/aromatic N) is 4. The summed E-state index contributed by atoms with van der Waals surface area (Å²) in [6, 6.07) is 8.54. The van der Waals surface area contributed by atoms with Crippen molar-refractivity contribution in [1.29, 1.82) is 0 Å². The molecule has 12 heteroatoms. The quantitative estimate of drug-likeness (QED) is 0.445. The Kier molecular flexibility index (Phi) is 6.37. The van der Waals surface area contributed by atoms with Crippen LogP contribution >= 0.6 is 0 Å². The number of alkyl halides is 3. The summed E-state index contributed by atoms with van der Waals surface area (Å²) < 4.78 is 42.9. The lowest BCUT2D eigenvalue weighted by atomic mass is 9.67. The number of anilines is 1. The molecule has 3 fully saturated rings. The molecule has 2 aromatic carbocycles. The van der Waals surface area contributed by atoms with Crippen LogP contribution in [0.4, 0.5) is 18.9 Å². The molecule has 4 heterocycles. The number of hydrogen-bond acceptors (Lipinski definition) is 5. The summed E-state index contributed by atoms with van der Waals surface area (Å²) in [4.78, 5) is 53.4. The SMILES string of the molecule is O=C1CCC(N2C(=O)c3cccc4c(Cc5cnn(C6CCN(C(=O)C7(C(F)(F)F)CCC7)CC6)c5)ccc2c34)C(=O)N1. The van der Waals surface area contributed by atoms with E-state index < -0.39 is 29.4 Å². The third-order valence-corrected chi connectivity index (χ3v) is 9.67. The highest BCUT2D eigenvalue weighted by Gasteiger charge is 2.64. The summed E-state index contributed by atoms with van der Waals surface area (Å²) in [5.41, 5.74) is 0.889. The summed E-state index contributed by atoms with van der Waals surface area (Å²) in [5, 5.41) is 8.56. The minimum Gasteiger partial charge on any atom is -0.342 e. The van der Waals surface area contributed by atoms with E-state index in [9.17, 15) is 32.3 Å². The third kappa shape index (κ3) is 4.32. The minimum atomic E-state index is -4.52. The molecule has 1 saturated carbocycles. The van der Waals surface area contributed by atoms with Gasteiger partial charge in [-0.05, 0) is 60.7 Å². The molecule has 7 rings (SSSR count). The molecule has 224 valence electrons. The van der Waals surface area contributed by atoms with Crippen LogP contribution in [0.25, 0.3) is 10.8 Å². The van der Waals surface area contributed by atoms with Crippen molar-refractivity contribution in [2.24, 2.45) is 5.41 Å². The van der Waals surface area contributed by atoms with Crippen LogP contribution in [0, 0.1) is 5.41 Å². The first-order valence-electron chi connectivity index (χ1n) is 14.7. The van der Waals surface area contributed by atoms with Crippen molar-refractivity contribution in [2.75, 3.05) is 18.0 Å². The fourth-order valence-corrected chi connectivity index (χ4v) is 7.13. The van der Waals surface area contributed by atoms with Gasteiger partial charge < -0.3 is 4.90 Å². The summed E-state index contributed by atoms with van der Waals surface area (Å²) in [7, 11) is 0. The van der Waals surface area contributed by atoms with E-state index in [1.54, 1.807) is 12.3 Å². The van der Waals surface area contributed by atoms with Crippen molar-refractivity contribution in [1.82, 2.24) is 20.0 Å². The number of halogens is 3. The molecule has 4 aliphatic rings. The van der Waals surface area contributed by atoms with Crippen molar-refractivity contribution in [3.8, 4) is 0 Å². The summed E-state index contributed by atoms with van der Waals surface area (Å²) >= 11 is 0. The van der Waals surface area contributed by atoms with Gasteiger partial charge in [0.25, 0.3) is 5.91 Å². The van der Waals surface area contributed by atoms with Gasteiger partial charge in [-0.1, -0.05) is 24.6 Å². The molecule has 1 aliphatic carbocycles. The lowest BCUT2D eigenvalue weighted by Gasteiger charge is -2.45. The first kappa shape index (κ1) is 27.6. The zero-order chi connectivity index (χ0) is 30.1. The minimum absolute atomic E-state index is 0.0199. The molecular formula is C31H30F3N5O4. The van der Waals surface area contributed by atoms with Crippen LogP contribution < -0.4 is 10.2 Å². The smallest absolute Gasteiger partial charge is 0.342 e. The van der Waals surface area contributed by atoms with Gasteiger partial charge in [-0.15, -0.1) is 0 Å². The van der Waals surface area contributed by atoms with Crippen molar-refractivity contribution >= 4 is 40.1 Å². The third-order valence-electron chi connectivity index (χ3n) is 9.67. The first-order valence-corrected chi connectivity index (χ1v) is 14.7. The fourth-order valence-electron chi connectivity index (χ4n) is 7.13. The van der Waals surface area contributed by atoms with E-state index in [1.807, 2.05) is 35.1 Å². The zero-order valence-electron chi connectivity index (χ0n) is 23.3. The predicted octanol–water partition coefficient (Wildman–Crippen LogP) is 4.29. The summed E-state index contributed by atoms with van der Waals surface area (Å²) in [6.45, 7) is 0.534. The van der Waals surface area contributed by atoms with Crippen molar-refractivity contribution in [3.63, 3.8) is 0 Å². The van der Waals surface area contributed by atoms with Gasteiger partial charge in [-0.25, -0.2) is 0 Å². The predicted molar refractivity (Wildman–Crippen MR) is 149 cm³/mol. The molecular weight excluding hydrogens is 563 g/mol. The highest BCUT2D eigenvalue weighted by atomic mass is 19.4. The Balaban J connectivity index is 1.07. The van der Waals surface area contributed by atoms with Crippen molar-refractivity contribution < 1.29 is 32.3 Å². The van der Waals surface area contributed by atoms with Crippen LogP contribution in [0.2, 0.25) is 0 Å². The van der Waals surface area contributed by atoms with Crippen molar-refractivity contribution in [2.45, 2.75) is 69.6 Å². The molecule has 1 unspecified atom stereocenters. The summed E-state index contributed by atoms with van der Waals surface area (Å²) in [5.74, 6) is -1.86. The highest BCUT2D eigenvalue weighted by molar-refractivity contribution is 6.27. The van der Waals surface area contributed by atoms with E-state index in [-0.39, 0.29) is 56.6 Å². The van der Waals surface area contributed by atoms with Crippen LogP contribution in [0.1, 0.15) is 72.5 Å². The van der Waals surface area contributed by atoms with Gasteiger partial charge in [-0.2, -0.15) is 18.3 Å². The number of piperidine rings is 2. The summed E-state index contributed by atoms with van der Waals surface area (Å²) in [6.07, 6.45) is 1.40. The number of rotatable bonds is 5. The number of amides is 4. The maximum absolute atomic E-state index is 13.7. The first-order chi connectivity index (χ1) is 20.6. The lowest BCUT2D eigenvalue weighted by molar-refractivity contribution is -0.248. The monoisotopic (exact) mass is 593 g/mol. The van der Waals surface area contributed by atoms with Crippen LogP contribution in [-0.2, 0) is 20.8 Å². The number of nitrogens with one attached hydrogen (secondary N) is 1. The standard InChI is InChI=1S/C31H30F3N5O4/c32-31(33,34)30(11-2-12-30)29(43)37-13-9-20(10-14-37)38-17-18(16-35-38)15-19-5-6-23-26-21(19)3-1-4-22(26)28(42)39(23)24-7-8-25(40)36-27(24)41/h1,3-6,16-17,20,24H,2,7-15H2,(H,36,40,41). The van der Waals surface area contributed by atoms with E-state index in [1.165, 1.54) is 9.80 Å². The number of imide groups is 1. The van der Waals surface area contributed by atoms with Gasteiger partial charge in [0.15, 0.2) is 0 Å². The van der Waals surface area contributed by atoms with E-state index >= 15 is 0 Å². The van der Waals surface area contributed by atoms with Gasteiger partial charge in [0, 0.05) is 43.1 Å². The lowest BCUT2D eigenvalue weighted by Crippen LogP contribution is -2.57. The molecule has 3 aromatic rings. The second-order valence-electron chi connectivity index (χ2n) is 12.1. The average Bonchev–Trinajstić information content (AvgIpc) is 3.52. The number of hydrogen-bond donors (Lipinski definition) is 1. The Bertz CT molecular complexity index is 1670. The Morgan fingerprint density at radius 2 is 1.81 bits per heavy atom. The number of carbonyl (C=O) groups is 4. The molecule has 0 bridgehead atoms. The number of likely N-dealkylation sites (tertiary alicyclic amines) is 1. The Labute approximate surface area is 245 Å². The second kappa shape index (κ2) is 9.92. The molecule has 1 aromatic heterocycles. The van der Waals surface area contributed by atoms with Crippen LogP contribution in [-0.4, -0.2) is 63.6 Å². The van der Waals surface area contributed by atoms with Gasteiger partial charge >= 0.3 is 6.18 Å². The molecule has 2 saturated heterocycles. The second-order valence-corrected chi connectivity index (χ2v) is 12.1. The van der Waals surface area contributed by atoms with Crippen LogP contribution in [0.3, 0.4) is 0 Å². The van der Waals surface area contributed by atoms with Crippen LogP contribution in [0.5, 0.6) is 0 Å². The topological polar surface area (TPSA) is 105 Å². The van der Waals surface area contributed by atoms with Gasteiger partial charge in [0.05, 0.1) is 17.9 Å². The Hall–Kier alpha value is -4.22. The van der Waals surface area contributed by atoms with Gasteiger partial charge in [0.1, 0.15) is 11.5 Å². The van der Waals surface area contributed by atoms with E-state index in [4.69, 9.17) is 0 Å². The molecule has 1 atom stereocenters. The number of carbonyl (C=O) groups excluding carboxylic acids is 4. The number of benzene rings is 2. The van der Waals surface area contributed by atoms with Gasteiger partial charge in [0.2, 0.25) is 17.7 Å². The van der Waals surface area contributed by atoms with E-state index in [0.29, 0.717) is 36.9 Å².